The highest BCUT2D eigenvalue weighted by molar-refractivity contribution is 6.62. The highest BCUT2D eigenvalue weighted by atomic mass is 16.7. The average molecular weight is 271 g/mol. The van der Waals surface area contributed by atoms with E-state index in [0.29, 0.717) is 0 Å². The lowest BCUT2D eigenvalue weighted by Gasteiger charge is -2.32. The summed E-state index contributed by atoms with van der Waals surface area (Å²) in [6.07, 6.45) is 3.39. The Hall–Kier alpha value is -1.59. The lowest BCUT2D eigenvalue weighted by molar-refractivity contribution is 0.00578. The second kappa shape index (κ2) is 4.47. The molecule has 0 unspecified atom stereocenters. The SMILES string of the molecule is CC1(C)OB(c2ccnc(-c3ccco3)c2)OC1(C)C. The van der Waals surface area contributed by atoms with Gasteiger partial charge in [-0.25, -0.2) is 0 Å². The normalized spacial score (nSPS) is 20.3. The van der Waals surface area contributed by atoms with Gasteiger partial charge >= 0.3 is 7.12 Å². The van der Waals surface area contributed by atoms with Crippen LogP contribution in [0, 0.1) is 0 Å². The first kappa shape index (κ1) is 13.4. The Morgan fingerprint density at radius 2 is 1.75 bits per heavy atom. The van der Waals surface area contributed by atoms with Crippen molar-refractivity contribution in [2.24, 2.45) is 0 Å². The van der Waals surface area contributed by atoms with E-state index < -0.39 is 0 Å². The smallest absolute Gasteiger partial charge is 0.463 e. The third kappa shape index (κ3) is 2.17. The van der Waals surface area contributed by atoms with Crippen LogP contribution in [0.15, 0.2) is 41.1 Å². The molecule has 0 spiro atoms. The summed E-state index contributed by atoms with van der Waals surface area (Å²) in [6, 6.07) is 7.59. The molecule has 3 rings (SSSR count). The van der Waals surface area contributed by atoms with E-state index in [1.807, 2.05) is 52.0 Å². The molecule has 20 heavy (non-hydrogen) atoms. The molecule has 0 aromatic carbocycles. The van der Waals surface area contributed by atoms with E-state index in [1.165, 1.54) is 0 Å². The minimum atomic E-state index is -0.378. The van der Waals surface area contributed by atoms with Crippen LogP contribution in [0.5, 0.6) is 0 Å². The fourth-order valence-corrected chi connectivity index (χ4v) is 2.13. The maximum absolute atomic E-state index is 6.04. The van der Waals surface area contributed by atoms with E-state index in [0.717, 1.165) is 16.9 Å². The maximum atomic E-state index is 6.04. The molecule has 0 aliphatic carbocycles. The van der Waals surface area contributed by atoms with Crippen LogP contribution >= 0.6 is 0 Å². The van der Waals surface area contributed by atoms with Gasteiger partial charge in [-0.05, 0) is 57.4 Å². The fourth-order valence-electron chi connectivity index (χ4n) is 2.13. The fraction of sp³-hybridized carbons (Fsp3) is 0.400. The van der Waals surface area contributed by atoms with Crippen LogP contribution < -0.4 is 5.46 Å². The summed E-state index contributed by atoms with van der Waals surface area (Å²) in [5.41, 5.74) is 1.05. The molecule has 0 atom stereocenters. The Kier molecular flexibility index (Phi) is 2.99. The van der Waals surface area contributed by atoms with E-state index >= 15 is 0 Å². The Morgan fingerprint density at radius 3 is 2.35 bits per heavy atom. The molecule has 1 aliphatic rings. The van der Waals surface area contributed by atoms with Crippen molar-refractivity contribution >= 4 is 12.6 Å². The van der Waals surface area contributed by atoms with Gasteiger partial charge in [-0.2, -0.15) is 0 Å². The second-order valence-electron chi connectivity index (χ2n) is 6.04. The van der Waals surface area contributed by atoms with Gasteiger partial charge in [0.2, 0.25) is 0 Å². The van der Waals surface area contributed by atoms with Crippen molar-refractivity contribution in [3.8, 4) is 11.5 Å². The predicted molar refractivity (Wildman–Crippen MR) is 77.7 cm³/mol. The van der Waals surface area contributed by atoms with Crippen LogP contribution in [0.25, 0.3) is 11.5 Å². The van der Waals surface area contributed by atoms with E-state index in [2.05, 4.69) is 4.98 Å². The number of nitrogens with zero attached hydrogens (tertiary/aromatic N) is 1. The van der Waals surface area contributed by atoms with Crippen molar-refractivity contribution in [2.75, 3.05) is 0 Å². The van der Waals surface area contributed by atoms with Crippen LogP contribution in [0.3, 0.4) is 0 Å². The quantitative estimate of drug-likeness (QED) is 0.787. The van der Waals surface area contributed by atoms with Crippen molar-refractivity contribution in [2.45, 2.75) is 38.9 Å². The molecule has 0 saturated carbocycles. The summed E-state index contributed by atoms with van der Waals surface area (Å²) in [5.74, 6) is 0.739. The molecule has 1 fully saturated rings. The molecule has 5 heteroatoms. The molecule has 1 aliphatic heterocycles. The molecule has 4 nitrogen and oxygen atoms in total. The van der Waals surface area contributed by atoms with Gasteiger partial charge in [0, 0.05) is 6.20 Å². The third-order valence-corrected chi connectivity index (χ3v) is 4.08. The van der Waals surface area contributed by atoms with Crippen LogP contribution in [-0.2, 0) is 9.31 Å². The van der Waals surface area contributed by atoms with E-state index in [-0.39, 0.29) is 18.3 Å². The molecule has 3 heterocycles. The molecule has 0 bridgehead atoms. The maximum Gasteiger partial charge on any atom is 0.494 e. The van der Waals surface area contributed by atoms with Crippen molar-refractivity contribution in [3.05, 3.63) is 36.7 Å². The first-order valence-corrected chi connectivity index (χ1v) is 6.74. The summed E-state index contributed by atoms with van der Waals surface area (Å²) in [6.45, 7) is 8.17. The van der Waals surface area contributed by atoms with Gasteiger partial charge in [-0.3, -0.25) is 4.98 Å². The van der Waals surface area contributed by atoms with Crippen molar-refractivity contribution in [1.29, 1.82) is 0 Å². The lowest BCUT2D eigenvalue weighted by Crippen LogP contribution is -2.41. The zero-order valence-corrected chi connectivity index (χ0v) is 12.2. The average Bonchev–Trinajstić information content (AvgIpc) is 2.97. The van der Waals surface area contributed by atoms with Gasteiger partial charge in [-0.15, -0.1) is 0 Å². The van der Waals surface area contributed by atoms with Crippen molar-refractivity contribution in [3.63, 3.8) is 0 Å². The van der Waals surface area contributed by atoms with Crippen LogP contribution in [0.1, 0.15) is 27.7 Å². The summed E-state index contributed by atoms with van der Waals surface area (Å²) in [7, 11) is -0.378. The van der Waals surface area contributed by atoms with Crippen LogP contribution in [0.4, 0.5) is 0 Å². The molecule has 104 valence electrons. The first-order valence-electron chi connectivity index (χ1n) is 6.74. The molecule has 1 saturated heterocycles. The summed E-state index contributed by atoms with van der Waals surface area (Å²) in [4.78, 5) is 4.32. The van der Waals surface area contributed by atoms with Crippen molar-refractivity contribution < 1.29 is 13.7 Å². The summed E-state index contributed by atoms with van der Waals surface area (Å²) >= 11 is 0. The minimum Gasteiger partial charge on any atom is -0.463 e. The summed E-state index contributed by atoms with van der Waals surface area (Å²) in [5, 5.41) is 0. The van der Waals surface area contributed by atoms with Gasteiger partial charge in [0.05, 0.1) is 17.5 Å². The topological polar surface area (TPSA) is 44.5 Å². The molecular weight excluding hydrogens is 253 g/mol. The van der Waals surface area contributed by atoms with Crippen LogP contribution in [-0.4, -0.2) is 23.3 Å². The van der Waals surface area contributed by atoms with Gasteiger partial charge in [0.1, 0.15) is 5.69 Å². The van der Waals surface area contributed by atoms with Crippen molar-refractivity contribution in [1.82, 2.24) is 4.98 Å². The Labute approximate surface area is 119 Å². The third-order valence-electron chi connectivity index (χ3n) is 4.08. The molecule has 2 aromatic rings. The molecule has 0 amide bonds. The zero-order chi connectivity index (χ0) is 14.4. The lowest BCUT2D eigenvalue weighted by atomic mass is 9.79. The molecule has 0 N–H and O–H groups in total. The Balaban J connectivity index is 1.91. The highest BCUT2D eigenvalue weighted by Crippen LogP contribution is 2.36. The number of hydrogen-bond acceptors (Lipinski definition) is 4. The van der Waals surface area contributed by atoms with Gasteiger partial charge in [0.25, 0.3) is 0 Å². The molecular formula is C15H18BNO3. The first-order chi connectivity index (χ1) is 9.39. The standard InChI is InChI=1S/C15H18BNO3/c1-14(2)15(3,4)20-16(19-14)11-7-8-17-12(10-11)13-6-5-9-18-13/h5-10H,1-4H3. The number of pyridine rings is 1. The Bertz CT molecular complexity index is 591. The largest absolute Gasteiger partial charge is 0.494 e. The highest BCUT2D eigenvalue weighted by Gasteiger charge is 2.51. The van der Waals surface area contributed by atoms with Crippen LogP contribution in [0.2, 0.25) is 0 Å². The zero-order valence-electron chi connectivity index (χ0n) is 12.2. The summed E-state index contributed by atoms with van der Waals surface area (Å²) < 4.78 is 17.5. The molecule has 2 aromatic heterocycles. The minimum absolute atomic E-state index is 0.341. The van der Waals surface area contributed by atoms with E-state index in [4.69, 9.17) is 13.7 Å². The van der Waals surface area contributed by atoms with E-state index in [9.17, 15) is 0 Å². The number of aromatic nitrogens is 1. The Morgan fingerprint density at radius 1 is 1.05 bits per heavy atom. The molecule has 0 radical (unpaired) electrons. The predicted octanol–water partition coefficient (Wildman–Crippen LogP) is 2.64. The number of hydrogen-bond donors (Lipinski definition) is 0. The number of rotatable bonds is 2. The van der Waals surface area contributed by atoms with Gasteiger partial charge < -0.3 is 13.7 Å². The van der Waals surface area contributed by atoms with Gasteiger partial charge in [0.15, 0.2) is 5.76 Å². The second-order valence-corrected chi connectivity index (χ2v) is 6.04. The van der Waals surface area contributed by atoms with Gasteiger partial charge in [-0.1, -0.05) is 0 Å². The van der Waals surface area contributed by atoms with E-state index in [1.54, 1.807) is 12.5 Å². The monoisotopic (exact) mass is 271 g/mol. The number of furan rings is 1.